The number of nitrogens with zero attached hydrogens (tertiary/aromatic N) is 2. The van der Waals surface area contributed by atoms with Crippen LogP contribution in [0.4, 0.5) is 5.69 Å². The zero-order valence-electron chi connectivity index (χ0n) is 13.4. The van der Waals surface area contributed by atoms with Crippen LogP contribution in [0.3, 0.4) is 0 Å². The molecular formula is C19H17N3O2S. The van der Waals surface area contributed by atoms with E-state index < -0.39 is 5.25 Å². The largest absolute Gasteiger partial charge is 0.392 e. The number of carbonyl (C=O) groups excluding carboxylic acids is 1. The Bertz CT molecular complexity index is 828. The van der Waals surface area contributed by atoms with Crippen LogP contribution < -0.4 is 5.32 Å². The predicted octanol–water partition coefficient (Wildman–Crippen LogP) is 3.44. The third-order valence-electron chi connectivity index (χ3n) is 3.50. The molecule has 0 aliphatic carbocycles. The molecule has 2 aromatic heterocycles. The second kappa shape index (κ2) is 8.41. The summed E-state index contributed by atoms with van der Waals surface area (Å²) in [4.78, 5) is 21.2. The monoisotopic (exact) mass is 351 g/mol. The number of nitrogens with one attached hydrogen (secondary N) is 1. The van der Waals surface area contributed by atoms with E-state index in [2.05, 4.69) is 15.3 Å². The molecule has 0 spiro atoms. The van der Waals surface area contributed by atoms with Gasteiger partial charge in [0.25, 0.3) is 0 Å². The van der Waals surface area contributed by atoms with Crippen LogP contribution in [-0.4, -0.2) is 21.0 Å². The molecule has 126 valence electrons. The number of hydrogen-bond acceptors (Lipinski definition) is 5. The van der Waals surface area contributed by atoms with Crippen LogP contribution >= 0.6 is 11.8 Å². The van der Waals surface area contributed by atoms with Crippen molar-refractivity contribution in [3.8, 4) is 0 Å². The minimum absolute atomic E-state index is 0.0693. The fourth-order valence-electron chi connectivity index (χ4n) is 2.30. The first-order valence-corrected chi connectivity index (χ1v) is 8.62. The highest BCUT2D eigenvalue weighted by Crippen LogP contribution is 2.34. The standard InChI is InChI=1S/C19H17N3O2S/c23-13-14-4-3-5-16(12-14)22-19(24)18(15-7-10-20-11-8-15)25-17-6-1-2-9-21-17/h1-12,18,23H,13H2,(H,22,24). The minimum atomic E-state index is -0.462. The molecule has 25 heavy (non-hydrogen) atoms. The number of benzene rings is 1. The maximum Gasteiger partial charge on any atom is 0.242 e. The molecule has 3 rings (SSSR count). The van der Waals surface area contributed by atoms with E-state index in [9.17, 15) is 9.90 Å². The summed E-state index contributed by atoms with van der Waals surface area (Å²) < 4.78 is 0. The molecule has 0 aliphatic heterocycles. The lowest BCUT2D eigenvalue weighted by Crippen LogP contribution is -2.19. The maximum atomic E-state index is 12.9. The van der Waals surface area contributed by atoms with Gasteiger partial charge in [0.2, 0.25) is 5.91 Å². The van der Waals surface area contributed by atoms with Gasteiger partial charge in [0.05, 0.1) is 11.6 Å². The number of anilines is 1. The Morgan fingerprint density at radius 2 is 1.92 bits per heavy atom. The molecule has 2 heterocycles. The average Bonchev–Trinajstić information content (AvgIpc) is 2.67. The van der Waals surface area contributed by atoms with Crippen molar-refractivity contribution in [3.63, 3.8) is 0 Å². The van der Waals surface area contributed by atoms with Crippen LogP contribution in [0.2, 0.25) is 0 Å². The van der Waals surface area contributed by atoms with Crippen molar-refractivity contribution in [1.29, 1.82) is 0 Å². The van der Waals surface area contributed by atoms with Crippen molar-refractivity contribution in [2.45, 2.75) is 16.9 Å². The lowest BCUT2D eigenvalue weighted by Gasteiger charge is -2.16. The Hall–Kier alpha value is -2.70. The van der Waals surface area contributed by atoms with E-state index >= 15 is 0 Å². The van der Waals surface area contributed by atoms with Crippen LogP contribution in [0, 0.1) is 0 Å². The zero-order valence-corrected chi connectivity index (χ0v) is 14.2. The van der Waals surface area contributed by atoms with Gasteiger partial charge >= 0.3 is 0 Å². The molecule has 3 aromatic rings. The van der Waals surface area contributed by atoms with Crippen molar-refractivity contribution in [2.75, 3.05) is 5.32 Å². The van der Waals surface area contributed by atoms with Gasteiger partial charge in [0, 0.05) is 24.3 Å². The van der Waals surface area contributed by atoms with Crippen molar-refractivity contribution in [2.24, 2.45) is 0 Å². The van der Waals surface area contributed by atoms with Crippen LogP contribution in [0.25, 0.3) is 0 Å². The van der Waals surface area contributed by atoms with E-state index in [1.165, 1.54) is 11.8 Å². The molecule has 0 saturated carbocycles. The molecule has 1 atom stereocenters. The molecule has 1 amide bonds. The number of hydrogen-bond donors (Lipinski definition) is 2. The lowest BCUT2D eigenvalue weighted by molar-refractivity contribution is -0.115. The summed E-state index contributed by atoms with van der Waals surface area (Å²) in [6, 6.07) is 16.4. The van der Waals surface area contributed by atoms with E-state index in [4.69, 9.17) is 0 Å². The highest BCUT2D eigenvalue weighted by Gasteiger charge is 2.22. The van der Waals surface area contributed by atoms with Crippen LogP contribution in [0.1, 0.15) is 16.4 Å². The smallest absolute Gasteiger partial charge is 0.242 e. The van der Waals surface area contributed by atoms with Crippen molar-refractivity contribution < 1.29 is 9.90 Å². The van der Waals surface area contributed by atoms with Gasteiger partial charge in [0.1, 0.15) is 5.25 Å². The second-order valence-corrected chi connectivity index (χ2v) is 6.42. The summed E-state index contributed by atoms with van der Waals surface area (Å²) in [6.45, 7) is -0.0693. The molecule has 0 fully saturated rings. The van der Waals surface area contributed by atoms with Gasteiger partial charge in [-0.25, -0.2) is 4.98 Å². The number of amides is 1. The van der Waals surface area contributed by atoms with Crippen LogP contribution in [0.15, 0.2) is 78.2 Å². The number of pyridine rings is 2. The number of aliphatic hydroxyl groups excluding tert-OH is 1. The van der Waals surface area contributed by atoms with Crippen LogP contribution in [-0.2, 0) is 11.4 Å². The predicted molar refractivity (Wildman–Crippen MR) is 98.1 cm³/mol. The summed E-state index contributed by atoms with van der Waals surface area (Å²) >= 11 is 1.38. The molecule has 1 aromatic carbocycles. The van der Waals surface area contributed by atoms with Gasteiger partial charge < -0.3 is 10.4 Å². The maximum absolute atomic E-state index is 12.9. The fourth-order valence-corrected chi connectivity index (χ4v) is 3.28. The van der Waals surface area contributed by atoms with Crippen molar-refractivity contribution >= 4 is 23.4 Å². The summed E-state index contributed by atoms with van der Waals surface area (Å²) in [7, 11) is 0. The third kappa shape index (κ3) is 4.65. The lowest BCUT2D eigenvalue weighted by atomic mass is 10.1. The van der Waals surface area contributed by atoms with Gasteiger partial charge in [-0.3, -0.25) is 9.78 Å². The first-order valence-electron chi connectivity index (χ1n) is 7.74. The molecule has 5 nitrogen and oxygen atoms in total. The number of thioether (sulfide) groups is 1. The Kier molecular flexibility index (Phi) is 5.77. The zero-order chi connectivity index (χ0) is 17.5. The number of aliphatic hydroxyl groups is 1. The molecule has 1 unspecified atom stereocenters. The number of aromatic nitrogens is 2. The van der Waals surface area contributed by atoms with Gasteiger partial charge in [-0.1, -0.05) is 30.0 Å². The summed E-state index contributed by atoms with van der Waals surface area (Å²) in [5.41, 5.74) is 2.24. The fraction of sp³-hybridized carbons (Fsp3) is 0.105. The first-order chi connectivity index (χ1) is 12.3. The third-order valence-corrected chi connectivity index (χ3v) is 4.71. The summed E-state index contributed by atoms with van der Waals surface area (Å²) in [6.07, 6.45) is 5.04. The molecule has 0 saturated heterocycles. The topological polar surface area (TPSA) is 75.1 Å². The van der Waals surface area contributed by atoms with Gasteiger partial charge in [-0.2, -0.15) is 0 Å². The van der Waals surface area contributed by atoms with Gasteiger partial charge in [-0.15, -0.1) is 0 Å². The Morgan fingerprint density at radius 1 is 1.08 bits per heavy atom. The molecular weight excluding hydrogens is 334 g/mol. The second-order valence-electron chi connectivity index (χ2n) is 5.29. The highest BCUT2D eigenvalue weighted by atomic mass is 32.2. The SMILES string of the molecule is O=C(Nc1cccc(CO)c1)C(Sc1ccccn1)c1ccncc1. The Balaban J connectivity index is 1.84. The highest BCUT2D eigenvalue weighted by molar-refractivity contribution is 8.00. The van der Waals surface area contributed by atoms with Gasteiger partial charge in [0.15, 0.2) is 0 Å². The van der Waals surface area contributed by atoms with E-state index in [0.717, 1.165) is 16.2 Å². The summed E-state index contributed by atoms with van der Waals surface area (Å²) in [5, 5.41) is 12.5. The van der Waals surface area contributed by atoms with E-state index in [0.29, 0.717) is 5.69 Å². The van der Waals surface area contributed by atoms with E-state index in [-0.39, 0.29) is 12.5 Å². The summed E-state index contributed by atoms with van der Waals surface area (Å²) in [5.74, 6) is -0.156. The number of carbonyl (C=O) groups is 1. The molecule has 0 aliphatic rings. The first kappa shape index (κ1) is 17.1. The van der Waals surface area contributed by atoms with E-state index in [1.54, 1.807) is 42.9 Å². The van der Waals surface area contributed by atoms with Gasteiger partial charge in [-0.05, 0) is 47.5 Å². The normalized spacial score (nSPS) is 11.7. The van der Waals surface area contributed by atoms with E-state index in [1.807, 2.05) is 30.3 Å². The van der Waals surface area contributed by atoms with Crippen molar-refractivity contribution in [1.82, 2.24) is 9.97 Å². The van der Waals surface area contributed by atoms with Crippen LogP contribution in [0.5, 0.6) is 0 Å². The minimum Gasteiger partial charge on any atom is -0.392 e. The van der Waals surface area contributed by atoms with Crippen molar-refractivity contribution in [3.05, 3.63) is 84.3 Å². The molecule has 2 N–H and O–H groups in total. The molecule has 0 radical (unpaired) electrons. The average molecular weight is 351 g/mol. The molecule has 0 bridgehead atoms. The number of rotatable bonds is 6. The Labute approximate surface area is 150 Å². The molecule has 6 heteroatoms. The Morgan fingerprint density at radius 3 is 2.64 bits per heavy atom. The quantitative estimate of drug-likeness (QED) is 0.666.